The average Bonchev–Trinajstić information content (AvgIpc) is 2.91. The van der Waals surface area contributed by atoms with E-state index in [1.54, 1.807) is 32.7 Å². The molecular formula is C13H21NO3S. The molecule has 18 heavy (non-hydrogen) atoms. The van der Waals surface area contributed by atoms with Crippen LogP contribution in [0.1, 0.15) is 49.1 Å². The quantitative estimate of drug-likeness (QED) is 0.771. The van der Waals surface area contributed by atoms with Crippen LogP contribution >= 0.6 is 11.3 Å². The molecule has 0 bridgehead atoms. The van der Waals surface area contributed by atoms with Crippen molar-refractivity contribution in [2.24, 2.45) is 0 Å². The molecule has 1 aliphatic carbocycles. The molecule has 1 saturated carbocycles. The molecule has 1 heterocycles. The highest BCUT2D eigenvalue weighted by molar-refractivity contribution is 7.09. The first-order valence-corrected chi connectivity index (χ1v) is 7.20. The summed E-state index contributed by atoms with van der Waals surface area (Å²) in [5, 5.41) is 3.06. The maximum absolute atomic E-state index is 5.79. The Morgan fingerprint density at radius 1 is 1.17 bits per heavy atom. The summed E-state index contributed by atoms with van der Waals surface area (Å²) >= 11 is 1.64. The van der Waals surface area contributed by atoms with Crippen LogP contribution < -0.4 is 0 Å². The lowest BCUT2D eigenvalue weighted by atomic mass is 9.85. The van der Waals surface area contributed by atoms with Crippen molar-refractivity contribution in [3.63, 3.8) is 0 Å². The molecule has 1 fully saturated rings. The van der Waals surface area contributed by atoms with Crippen LogP contribution in [0.15, 0.2) is 5.38 Å². The highest BCUT2D eigenvalue weighted by atomic mass is 32.1. The Morgan fingerprint density at radius 2 is 1.83 bits per heavy atom. The van der Waals surface area contributed by atoms with Crippen molar-refractivity contribution >= 4 is 11.3 Å². The maximum Gasteiger partial charge on any atom is 0.201 e. The van der Waals surface area contributed by atoms with Gasteiger partial charge in [-0.15, -0.1) is 11.3 Å². The van der Waals surface area contributed by atoms with E-state index in [2.05, 4.69) is 4.98 Å². The lowest BCUT2D eigenvalue weighted by Crippen LogP contribution is -2.31. The van der Waals surface area contributed by atoms with Gasteiger partial charge < -0.3 is 14.2 Å². The van der Waals surface area contributed by atoms with E-state index in [1.165, 1.54) is 19.3 Å². The van der Waals surface area contributed by atoms with Crippen molar-refractivity contribution in [2.75, 3.05) is 21.3 Å². The zero-order valence-electron chi connectivity index (χ0n) is 11.3. The second-order valence-corrected chi connectivity index (χ2v) is 5.50. The third-order valence-electron chi connectivity index (χ3n) is 3.63. The van der Waals surface area contributed by atoms with E-state index in [9.17, 15) is 0 Å². The van der Waals surface area contributed by atoms with Gasteiger partial charge in [-0.1, -0.05) is 19.3 Å². The summed E-state index contributed by atoms with van der Waals surface area (Å²) in [6, 6.07) is 0. The summed E-state index contributed by atoms with van der Waals surface area (Å²) in [5.74, 6) is 0. The molecule has 0 aromatic carbocycles. The van der Waals surface area contributed by atoms with Crippen LogP contribution in [0.2, 0.25) is 0 Å². The largest absolute Gasteiger partial charge is 0.371 e. The van der Waals surface area contributed by atoms with Crippen LogP contribution in [0.4, 0.5) is 0 Å². The zero-order valence-corrected chi connectivity index (χ0v) is 12.1. The monoisotopic (exact) mass is 271 g/mol. The minimum Gasteiger partial charge on any atom is -0.371 e. The zero-order chi connectivity index (χ0) is 13.0. The fourth-order valence-corrected chi connectivity index (χ4v) is 3.63. The Morgan fingerprint density at radius 3 is 2.39 bits per heavy atom. The van der Waals surface area contributed by atoms with Crippen LogP contribution in [-0.2, 0) is 19.8 Å². The highest BCUT2D eigenvalue weighted by Gasteiger charge is 2.37. The summed E-state index contributed by atoms with van der Waals surface area (Å²) in [7, 11) is 5.04. The van der Waals surface area contributed by atoms with E-state index >= 15 is 0 Å². The Balaban J connectivity index is 2.21. The Bertz CT molecular complexity index is 370. The molecule has 0 radical (unpaired) electrons. The number of hydrogen-bond donors (Lipinski definition) is 0. The van der Waals surface area contributed by atoms with Gasteiger partial charge in [0.2, 0.25) is 6.29 Å². The summed E-state index contributed by atoms with van der Waals surface area (Å²) in [6.45, 7) is 0. The number of ether oxygens (including phenoxy) is 3. The second-order valence-electron chi connectivity index (χ2n) is 4.64. The first-order valence-electron chi connectivity index (χ1n) is 6.32. The molecule has 0 amide bonds. The van der Waals surface area contributed by atoms with E-state index in [-0.39, 0.29) is 11.9 Å². The molecule has 102 valence electrons. The summed E-state index contributed by atoms with van der Waals surface area (Å²) < 4.78 is 16.3. The number of aromatic nitrogens is 1. The van der Waals surface area contributed by atoms with Crippen molar-refractivity contribution in [3.05, 3.63) is 16.1 Å². The van der Waals surface area contributed by atoms with Crippen molar-refractivity contribution < 1.29 is 14.2 Å². The third kappa shape index (κ3) is 2.59. The smallest absolute Gasteiger partial charge is 0.201 e. The molecule has 0 N–H and O–H groups in total. The molecule has 2 rings (SSSR count). The van der Waals surface area contributed by atoms with Gasteiger partial charge in [-0.3, -0.25) is 0 Å². The number of thiazole rings is 1. The van der Waals surface area contributed by atoms with Crippen LogP contribution in [0.5, 0.6) is 0 Å². The fourth-order valence-electron chi connectivity index (χ4n) is 2.57. The average molecular weight is 271 g/mol. The third-order valence-corrected chi connectivity index (χ3v) is 4.68. The van der Waals surface area contributed by atoms with E-state index in [4.69, 9.17) is 14.2 Å². The lowest BCUT2D eigenvalue weighted by molar-refractivity contribution is -0.109. The topological polar surface area (TPSA) is 40.6 Å². The second kappa shape index (κ2) is 6.10. The number of rotatable bonds is 5. The molecular weight excluding hydrogens is 250 g/mol. The summed E-state index contributed by atoms with van der Waals surface area (Å²) in [4.78, 5) is 4.66. The molecule has 0 saturated heterocycles. The Hall–Kier alpha value is -0.490. The maximum atomic E-state index is 5.79. The van der Waals surface area contributed by atoms with Gasteiger partial charge in [-0.25, -0.2) is 4.98 Å². The Labute approximate surface area is 112 Å². The van der Waals surface area contributed by atoms with Gasteiger partial charge in [0.25, 0.3) is 0 Å². The van der Waals surface area contributed by atoms with Crippen molar-refractivity contribution in [1.82, 2.24) is 4.98 Å². The number of hydrogen-bond acceptors (Lipinski definition) is 5. The van der Waals surface area contributed by atoms with E-state index in [0.29, 0.717) is 0 Å². The minimum atomic E-state index is -0.382. The molecule has 0 atom stereocenters. The summed E-state index contributed by atoms with van der Waals surface area (Å²) in [5.41, 5.74) is 0.648. The highest BCUT2D eigenvalue weighted by Crippen LogP contribution is 2.41. The van der Waals surface area contributed by atoms with Crippen molar-refractivity contribution in [1.29, 1.82) is 0 Å². The predicted molar refractivity (Wildman–Crippen MR) is 70.6 cm³/mol. The molecule has 4 nitrogen and oxygen atoms in total. The first-order chi connectivity index (χ1) is 8.75. The Kier molecular flexibility index (Phi) is 4.72. The number of nitrogens with zero attached hydrogens (tertiary/aromatic N) is 1. The van der Waals surface area contributed by atoms with Gasteiger partial charge >= 0.3 is 0 Å². The van der Waals surface area contributed by atoms with Crippen LogP contribution in [0.3, 0.4) is 0 Å². The molecule has 0 spiro atoms. The van der Waals surface area contributed by atoms with Gasteiger partial charge in [0, 0.05) is 26.7 Å². The summed E-state index contributed by atoms with van der Waals surface area (Å²) in [6.07, 6.45) is 5.44. The van der Waals surface area contributed by atoms with Gasteiger partial charge in [-0.2, -0.15) is 0 Å². The molecule has 0 unspecified atom stereocenters. The van der Waals surface area contributed by atoms with Crippen LogP contribution in [0, 0.1) is 0 Å². The van der Waals surface area contributed by atoms with Gasteiger partial charge in [0.05, 0.1) is 0 Å². The van der Waals surface area contributed by atoms with Crippen molar-refractivity contribution in [2.45, 2.75) is 44.0 Å². The molecule has 1 aliphatic rings. The SMILES string of the molecule is COC(OC)c1csc(C2(OC)CCCCC2)n1. The standard InChI is InChI=1S/C13H21NO3S/c1-15-11(16-2)10-9-18-12(14-10)13(17-3)7-5-4-6-8-13/h9,11H,4-8H2,1-3H3. The van der Waals surface area contributed by atoms with E-state index in [0.717, 1.165) is 23.5 Å². The molecule has 5 heteroatoms. The van der Waals surface area contributed by atoms with E-state index in [1.807, 2.05) is 5.38 Å². The number of methoxy groups -OCH3 is 3. The van der Waals surface area contributed by atoms with Crippen molar-refractivity contribution in [3.8, 4) is 0 Å². The van der Waals surface area contributed by atoms with Gasteiger partial charge in [0.15, 0.2) is 0 Å². The van der Waals surface area contributed by atoms with E-state index < -0.39 is 0 Å². The minimum absolute atomic E-state index is 0.187. The molecule has 1 aromatic rings. The first kappa shape index (κ1) is 13.9. The predicted octanol–water partition coefficient (Wildman–Crippen LogP) is 3.24. The van der Waals surface area contributed by atoms with Crippen LogP contribution in [0.25, 0.3) is 0 Å². The lowest BCUT2D eigenvalue weighted by Gasteiger charge is -2.34. The normalized spacial score (nSPS) is 19.3. The molecule has 1 aromatic heterocycles. The van der Waals surface area contributed by atoms with Crippen LogP contribution in [-0.4, -0.2) is 26.3 Å². The van der Waals surface area contributed by atoms with Gasteiger partial charge in [0.1, 0.15) is 16.3 Å². The fraction of sp³-hybridized carbons (Fsp3) is 0.769. The van der Waals surface area contributed by atoms with Gasteiger partial charge in [-0.05, 0) is 12.8 Å². The molecule has 0 aliphatic heterocycles.